The van der Waals surface area contributed by atoms with Gasteiger partial charge in [-0.25, -0.2) is 8.78 Å². The molecule has 0 bridgehead atoms. The minimum absolute atomic E-state index is 0.137. The van der Waals surface area contributed by atoms with E-state index in [-0.39, 0.29) is 12.0 Å². The summed E-state index contributed by atoms with van der Waals surface area (Å²) in [6, 6.07) is 8.74. The summed E-state index contributed by atoms with van der Waals surface area (Å²) in [5.74, 6) is -0.867. The predicted molar refractivity (Wildman–Crippen MR) is 75.7 cm³/mol. The van der Waals surface area contributed by atoms with Gasteiger partial charge in [-0.05, 0) is 30.3 Å². The van der Waals surface area contributed by atoms with Gasteiger partial charge in [-0.2, -0.15) is 0 Å². The fraction of sp³-hybridized carbons (Fsp3) is 0.200. The van der Waals surface area contributed by atoms with E-state index >= 15 is 0 Å². The van der Waals surface area contributed by atoms with Crippen LogP contribution < -0.4 is 4.74 Å². The molecule has 2 aromatic carbocycles. The van der Waals surface area contributed by atoms with Gasteiger partial charge in [0.05, 0.1) is 13.2 Å². The highest BCUT2D eigenvalue weighted by atomic mass is 79.9. The van der Waals surface area contributed by atoms with E-state index in [9.17, 15) is 13.9 Å². The smallest absolute Gasteiger partial charge is 0.129 e. The first-order chi connectivity index (χ1) is 9.52. The molecule has 5 heteroatoms. The Kier molecular flexibility index (Phi) is 4.73. The molecule has 0 heterocycles. The number of halogens is 3. The number of aliphatic hydroxyl groups excluding tert-OH is 1. The van der Waals surface area contributed by atoms with E-state index in [1.807, 2.05) is 0 Å². The third-order valence-electron chi connectivity index (χ3n) is 3.01. The van der Waals surface area contributed by atoms with Crippen LogP contribution in [-0.4, -0.2) is 12.2 Å². The van der Waals surface area contributed by atoms with Gasteiger partial charge in [-0.1, -0.05) is 22.0 Å². The van der Waals surface area contributed by atoms with E-state index in [2.05, 4.69) is 15.9 Å². The number of methoxy groups -OCH3 is 1. The molecule has 0 aliphatic carbocycles. The second kappa shape index (κ2) is 6.33. The highest BCUT2D eigenvalue weighted by Gasteiger charge is 2.18. The van der Waals surface area contributed by atoms with Crippen LogP contribution in [0.25, 0.3) is 0 Å². The molecule has 1 atom stereocenters. The van der Waals surface area contributed by atoms with Crippen LogP contribution in [0.4, 0.5) is 8.78 Å². The third kappa shape index (κ3) is 3.16. The monoisotopic (exact) mass is 342 g/mol. The van der Waals surface area contributed by atoms with Crippen LogP contribution in [0, 0.1) is 11.6 Å². The maximum atomic E-state index is 13.6. The van der Waals surface area contributed by atoms with Crippen molar-refractivity contribution in [2.24, 2.45) is 0 Å². The molecule has 1 N–H and O–H groups in total. The Balaban J connectivity index is 2.33. The molecular weight excluding hydrogens is 330 g/mol. The topological polar surface area (TPSA) is 29.5 Å². The highest BCUT2D eigenvalue weighted by Crippen LogP contribution is 2.31. The molecular formula is C15H13BrF2O2. The summed E-state index contributed by atoms with van der Waals surface area (Å²) in [6.45, 7) is 0. The minimum atomic E-state index is -1.06. The number of rotatable bonds is 4. The van der Waals surface area contributed by atoms with E-state index in [0.717, 1.165) is 4.47 Å². The molecule has 0 saturated carbocycles. The van der Waals surface area contributed by atoms with Gasteiger partial charge in [-0.15, -0.1) is 0 Å². The van der Waals surface area contributed by atoms with Crippen molar-refractivity contribution in [3.63, 3.8) is 0 Å². The SMILES string of the molecule is COc1ccc(Br)cc1C(O)Cc1c(F)cccc1F. The van der Waals surface area contributed by atoms with Crippen LogP contribution in [0.5, 0.6) is 5.75 Å². The van der Waals surface area contributed by atoms with Crippen molar-refractivity contribution < 1.29 is 18.6 Å². The summed E-state index contributed by atoms with van der Waals surface area (Å²) >= 11 is 3.29. The molecule has 0 aliphatic heterocycles. The van der Waals surface area contributed by atoms with E-state index < -0.39 is 17.7 Å². The quantitative estimate of drug-likeness (QED) is 0.909. The summed E-state index contributed by atoms with van der Waals surface area (Å²) in [5.41, 5.74) is 0.339. The Morgan fingerprint density at radius 1 is 1.20 bits per heavy atom. The maximum absolute atomic E-state index is 13.6. The number of hydrogen-bond acceptors (Lipinski definition) is 2. The summed E-state index contributed by atoms with van der Waals surface area (Å²) in [4.78, 5) is 0. The number of aliphatic hydroxyl groups is 1. The zero-order chi connectivity index (χ0) is 14.7. The molecule has 20 heavy (non-hydrogen) atoms. The summed E-state index contributed by atoms with van der Waals surface area (Å²) in [7, 11) is 1.48. The third-order valence-corrected chi connectivity index (χ3v) is 3.50. The van der Waals surface area contributed by atoms with Gasteiger partial charge in [0.2, 0.25) is 0 Å². The van der Waals surface area contributed by atoms with Gasteiger partial charge in [0.25, 0.3) is 0 Å². The lowest BCUT2D eigenvalue weighted by molar-refractivity contribution is 0.171. The van der Waals surface area contributed by atoms with Crippen molar-refractivity contribution >= 4 is 15.9 Å². The van der Waals surface area contributed by atoms with E-state index in [1.54, 1.807) is 18.2 Å². The van der Waals surface area contributed by atoms with Crippen LogP contribution >= 0.6 is 15.9 Å². The predicted octanol–water partition coefficient (Wildman–Crippen LogP) is 4.01. The van der Waals surface area contributed by atoms with Crippen molar-refractivity contribution in [1.82, 2.24) is 0 Å². The summed E-state index contributed by atoms with van der Waals surface area (Å²) in [6.07, 6.45) is -1.22. The molecule has 0 fully saturated rings. The molecule has 2 nitrogen and oxygen atoms in total. The van der Waals surface area contributed by atoms with Gasteiger partial charge >= 0.3 is 0 Å². The Bertz CT molecular complexity index is 597. The van der Waals surface area contributed by atoms with Crippen molar-refractivity contribution in [2.75, 3.05) is 7.11 Å². The second-order valence-electron chi connectivity index (χ2n) is 4.31. The number of ether oxygens (including phenoxy) is 1. The lowest BCUT2D eigenvalue weighted by atomic mass is 10.00. The molecule has 1 unspecified atom stereocenters. The summed E-state index contributed by atoms with van der Waals surface area (Å²) in [5, 5.41) is 10.2. The van der Waals surface area contributed by atoms with Crippen LogP contribution in [0.3, 0.4) is 0 Å². The number of hydrogen-bond donors (Lipinski definition) is 1. The lowest BCUT2D eigenvalue weighted by Crippen LogP contribution is -2.07. The Labute approximate surface area is 124 Å². The normalized spacial score (nSPS) is 12.2. The Hall–Kier alpha value is -1.46. The van der Waals surface area contributed by atoms with E-state index in [1.165, 1.54) is 25.3 Å². The van der Waals surface area contributed by atoms with Crippen molar-refractivity contribution in [2.45, 2.75) is 12.5 Å². The fourth-order valence-electron chi connectivity index (χ4n) is 2.00. The van der Waals surface area contributed by atoms with Gasteiger partial charge < -0.3 is 9.84 Å². The molecule has 0 saturated heterocycles. The van der Waals surface area contributed by atoms with Crippen molar-refractivity contribution in [3.05, 3.63) is 63.6 Å². The van der Waals surface area contributed by atoms with Gasteiger partial charge in [0, 0.05) is 22.0 Å². The highest BCUT2D eigenvalue weighted by molar-refractivity contribution is 9.10. The molecule has 2 rings (SSSR count). The second-order valence-corrected chi connectivity index (χ2v) is 5.22. The average Bonchev–Trinajstić information content (AvgIpc) is 2.43. The first-order valence-corrected chi connectivity index (χ1v) is 6.76. The average molecular weight is 343 g/mol. The largest absolute Gasteiger partial charge is 0.496 e. The zero-order valence-corrected chi connectivity index (χ0v) is 12.3. The van der Waals surface area contributed by atoms with Crippen LogP contribution in [0.2, 0.25) is 0 Å². The molecule has 0 spiro atoms. The molecule has 0 radical (unpaired) electrons. The van der Waals surface area contributed by atoms with Crippen molar-refractivity contribution in [1.29, 1.82) is 0 Å². The van der Waals surface area contributed by atoms with E-state index in [0.29, 0.717) is 11.3 Å². The Morgan fingerprint density at radius 2 is 1.85 bits per heavy atom. The zero-order valence-electron chi connectivity index (χ0n) is 10.7. The van der Waals surface area contributed by atoms with Gasteiger partial charge in [-0.3, -0.25) is 0 Å². The van der Waals surface area contributed by atoms with Crippen molar-refractivity contribution in [3.8, 4) is 5.75 Å². The molecule has 2 aromatic rings. The van der Waals surface area contributed by atoms with Crippen LogP contribution in [0.15, 0.2) is 40.9 Å². The summed E-state index contributed by atoms with van der Waals surface area (Å²) < 4.78 is 33.1. The molecule has 0 amide bonds. The molecule has 0 aliphatic rings. The van der Waals surface area contributed by atoms with Crippen LogP contribution in [-0.2, 0) is 6.42 Å². The first-order valence-electron chi connectivity index (χ1n) is 5.97. The maximum Gasteiger partial charge on any atom is 0.129 e. The molecule has 0 aromatic heterocycles. The van der Waals surface area contributed by atoms with Gasteiger partial charge in [0.1, 0.15) is 17.4 Å². The standard InChI is InChI=1S/C15H13BrF2O2/c1-20-15-6-5-9(16)7-11(15)14(19)8-10-12(17)3-2-4-13(10)18/h2-7,14,19H,8H2,1H3. The van der Waals surface area contributed by atoms with Crippen LogP contribution in [0.1, 0.15) is 17.2 Å². The Morgan fingerprint density at radius 3 is 2.45 bits per heavy atom. The lowest BCUT2D eigenvalue weighted by Gasteiger charge is -2.16. The van der Waals surface area contributed by atoms with Gasteiger partial charge in [0.15, 0.2) is 0 Å². The number of benzene rings is 2. The minimum Gasteiger partial charge on any atom is -0.496 e. The first kappa shape index (κ1) is 14.9. The molecule has 106 valence electrons. The van der Waals surface area contributed by atoms with E-state index in [4.69, 9.17) is 4.74 Å². The fourth-order valence-corrected chi connectivity index (χ4v) is 2.38.